The average molecular weight is 393 g/mol. The number of benzene rings is 1. The smallest absolute Gasteiger partial charge is 0.274 e. The Morgan fingerprint density at radius 2 is 2.00 bits per heavy atom. The fourth-order valence-electron chi connectivity index (χ4n) is 4.63. The van der Waals surface area contributed by atoms with E-state index >= 15 is 0 Å². The van der Waals surface area contributed by atoms with Gasteiger partial charge in [0.1, 0.15) is 5.82 Å². The molecule has 3 aromatic rings. The number of likely N-dealkylation sites (tertiary alicyclic amines) is 1. The Balaban J connectivity index is 1.27. The standard InChI is InChI=1S/C22H28N6O/c1-15-5-3-6-18-20(15)24-21(23-18)16-7-11-27(12-8-16)22(29)19-13-17-14-26(2)9-4-10-28(17)25-19/h3,5-6,13,16H,4,7-12,14H2,1-2H3,(H,23,24). The number of amides is 1. The van der Waals surface area contributed by atoms with Crippen molar-refractivity contribution in [3.05, 3.63) is 47.0 Å². The molecule has 1 saturated heterocycles. The lowest BCUT2D eigenvalue weighted by Gasteiger charge is -2.30. The second-order valence-corrected chi connectivity index (χ2v) is 8.49. The number of para-hydroxylation sites is 1. The molecule has 1 aromatic carbocycles. The van der Waals surface area contributed by atoms with E-state index < -0.39 is 0 Å². The van der Waals surface area contributed by atoms with Crippen molar-refractivity contribution < 1.29 is 4.79 Å². The van der Waals surface area contributed by atoms with Gasteiger partial charge < -0.3 is 14.8 Å². The van der Waals surface area contributed by atoms with E-state index in [2.05, 4.69) is 47.2 Å². The van der Waals surface area contributed by atoms with E-state index in [9.17, 15) is 4.79 Å². The van der Waals surface area contributed by atoms with Crippen molar-refractivity contribution in [2.45, 2.75) is 45.2 Å². The Morgan fingerprint density at radius 1 is 1.17 bits per heavy atom. The molecule has 2 aliphatic rings. The molecule has 1 amide bonds. The van der Waals surface area contributed by atoms with Gasteiger partial charge in [0, 0.05) is 38.6 Å². The van der Waals surface area contributed by atoms with E-state index in [0.717, 1.165) is 74.5 Å². The average Bonchev–Trinajstić information content (AvgIpc) is 3.29. The van der Waals surface area contributed by atoms with Gasteiger partial charge in [-0.25, -0.2) is 4.98 Å². The van der Waals surface area contributed by atoms with E-state index in [4.69, 9.17) is 4.98 Å². The summed E-state index contributed by atoms with van der Waals surface area (Å²) >= 11 is 0. The highest BCUT2D eigenvalue weighted by atomic mass is 16.2. The lowest BCUT2D eigenvalue weighted by molar-refractivity contribution is 0.0704. The Labute approximate surface area is 170 Å². The van der Waals surface area contributed by atoms with Crippen LogP contribution in [-0.4, -0.2) is 62.1 Å². The molecule has 0 unspecified atom stereocenters. The Kier molecular flexibility index (Phi) is 4.62. The number of imidazole rings is 1. The summed E-state index contributed by atoms with van der Waals surface area (Å²) in [6.07, 6.45) is 2.93. The Morgan fingerprint density at radius 3 is 2.79 bits per heavy atom. The van der Waals surface area contributed by atoms with E-state index in [0.29, 0.717) is 11.6 Å². The van der Waals surface area contributed by atoms with Crippen molar-refractivity contribution in [1.82, 2.24) is 29.5 Å². The molecule has 4 heterocycles. The van der Waals surface area contributed by atoms with Crippen LogP contribution in [-0.2, 0) is 13.1 Å². The minimum absolute atomic E-state index is 0.0622. The van der Waals surface area contributed by atoms with Crippen LogP contribution < -0.4 is 0 Å². The quantitative estimate of drug-likeness (QED) is 0.728. The lowest BCUT2D eigenvalue weighted by Crippen LogP contribution is -2.38. The predicted molar refractivity (Wildman–Crippen MR) is 112 cm³/mol. The van der Waals surface area contributed by atoms with Gasteiger partial charge in [0.25, 0.3) is 5.91 Å². The molecule has 2 aromatic heterocycles. The molecule has 0 bridgehead atoms. The van der Waals surface area contributed by atoms with E-state index in [-0.39, 0.29) is 5.91 Å². The largest absolute Gasteiger partial charge is 0.342 e. The first-order valence-corrected chi connectivity index (χ1v) is 10.6. The van der Waals surface area contributed by atoms with Crippen LogP contribution in [0.15, 0.2) is 24.3 Å². The van der Waals surface area contributed by atoms with Crippen molar-refractivity contribution in [3.8, 4) is 0 Å². The maximum absolute atomic E-state index is 13.0. The molecule has 0 aliphatic carbocycles. The zero-order chi connectivity index (χ0) is 20.0. The third-order valence-electron chi connectivity index (χ3n) is 6.33. The molecule has 0 saturated carbocycles. The van der Waals surface area contributed by atoms with Crippen LogP contribution in [0.3, 0.4) is 0 Å². The van der Waals surface area contributed by atoms with Crippen molar-refractivity contribution in [2.75, 3.05) is 26.7 Å². The second-order valence-electron chi connectivity index (χ2n) is 8.49. The van der Waals surface area contributed by atoms with Crippen LogP contribution in [0.25, 0.3) is 11.0 Å². The van der Waals surface area contributed by atoms with Gasteiger partial charge in [-0.15, -0.1) is 0 Å². The summed E-state index contributed by atoms with van der Waals surface area (Å²) < 4.78 is 2.01. The van der Waals surface area contributed by atoms with E-state index in [1.54, 1.807) is 0 Å². The highest BCUT2D eigenvalue weighted by molar-refractivity contribution is 5.92. The third-order valence-corrected chi connectivity index (χ3v) is 6.33. The zero-order valence-corrected chi connectivity index (χ0v) is 17.2. The molecule has 7 nitrogen and oxygen atoms in total. The summed E-state index contributed by atoms with van der Waals surface area (Å²) in [5, 5.41) is 4.62. The van der Waals surface area contributed by atoms with Gasteiger partial charge in [-0.1, -0.05) is 12.1 Å². The molecule has 1 fully saturated rings. The molecule has 2 aliphatic heterocycles. The lowest BCUT2D eigenvalue weighted by atomic mass is 9.96. The molecule has 0 spiro atoms. The molecule has 0 atom stereocenters. The van der Waals surface area contributed by atoms with Gasteiger partial charge in [0.05, 0.1) is 16.7 Å². The van der Waals surface area contributed by atoms with E-state index in [1.807, 2.05) is 15.6 Å². The van der Waals surface area contributed by atoms with Crippen molar-refractivity contribution >= 4 is 16.9 Å². The number of hydrogen-bond donors (Lipinski definition) is 1. The molecule has 1 N–H and O–H groups in total. The molecule has 29 heavy (non-hydrogen) atoms. The number of rotatable bonds is 2. The number of aromatic nitrogens is 4. The minimum Gasteiger partial charge on any atom is -0.342 e. The molecule has 152 valence electrons. The monoisotopic (exact) mass is 392 g/mol. The first-order valence-electron chi connectivity index (χ1n) is 10.6. The van der Waals surface area contributed by atoms with Crippen molar-refractivity contribution in [2.24, 2.45) is 0 Å². The maximum Gasteiger partial charge on any atom is 0.274 e. The maximum atomic E-state index is 13.0. The van der Waals surface area contributed by atoms with Gasteiger partial charge >= 0.3 is 0 Å². The zero-order valence-electron chi connectivity index (χ0n) is 17.2. The summed E-state index contributed by atoms with van der Waals surface area (Å²) in [4.78, 5) is 25.6. The highest BCUT2D eigenvalue weighted by Crippen LogP contribution is 2.29. The fraction of sp³-hybridized carbons (Fsp3) is 0.500. The second kappa shape index (κ2) is 7.30. The van der Waals surface area contributed by atoms with Crippen LogP contribution >= 0.6 is 0 Å². The molecule has 0 radical (unpaired) electrons. The number of carbonyl (C=O) groups excluding carboxylic acids is 1. The van der Waals surface area contributed by atoms with Crippen LogP contribution in [0.1, 0.15) is 52.8 Å². The van der Waals surface area contributed by atoms with Gasteiger partial charge in [0.15, 0.2) is 5.69 Å². The Hall–Kier alpha value is -2.67. The number of aryl methyl sites for hydroxylation is 2. The SMILES string of the molecule is Cc1cccc2[nH]c(C3CCN(C(=O)c4cc5n(n4)CCCN(C)C5)CC3)nc12. The molecule has 7 heteroatoms. The number of carbonyl (C=O) groups is 1. The number of piperidine rings is 1. The number of hydrogen-bond acceptors (Lipinski definition) is 4. The van der Waals surface area contributed by atoms with Crippen LogP contribution in [0.2, 0.25) is 0 Å². The number of aromatic amines is 1. The van der Waals surface area contributed by atoms with Crippen LogP contribution in [0, 0.1) is 6.92 Å². The summed E-state index contributed by atoms with van der Waals surface area (Å²) in [5.41, 5.74) is 5.09. The minimum atomic E-state index is 0.0622. The summed E-state index contributed by atoms with van der Waals surface area (Å²) in [6, 6.07) is 8.22. The van der Waals surface area contributed by atoms with Crippen LogP contribution in [0.5, 0.6) is 0 Å². The topological polar surface area (TPSA) is 70.1 Å². The number of nitrogens with one attached hydrogen (secondary N) is 1. The van der Waals surface area contributed by atoms with E-state index in [1.165, 1.54) is 5.56 Å². The van der Waals surface area contributed by atoms with Gasteiger partial charge in [-0.2, -0.15) is 5.10 Å². The van der Waals surface area contributed by atoms with Crippen LogP contribution in [0.4, 0.5) is 0 Å². The molecule has 5 rings (SSSR count). The first kappa shape index (κ1) is 18.4. The number of nitrogens with zero attached hydrogens (tertiary/aromatic N) is 5. The van der Waals surface area contributed by atoms with Gasteiger partial charge in [-0.05, 0) is 50.9 Å². The van der Waals surface area contributed by atoms with Gasteiger partial charge in [-0.3, -0.25) is 9.48 Å². The third kappa shape index (κ3) is 3.44. The number of H-pyrrole nitrogens is 1. The van der Waals surface area contributed by atoms with Crippen molar-refractivity contribution in [1.29, 1.82) is 0 Å². The molecular weight excluding hydrogens is 364 g/mol. The van der Waals surface area contributed by atoms with Gasteiger partial charge in [0.2, 0.25) is 0 Å². The first-order chi connectivity index (χ1) is 14.1. The fourth-order valence-corrected chi connectivity index (χ4v) is 4.63. The Bertz CT molecular complexity index is 1040. The van der Waals surface area contributed by atoms with Crippen molar-refractivity contribution in [3.63, 3.8) is 0 Å². The normalized spacial score (nSPS) is 18.8. The molecular formula is C22H28N6O. The highest BCUT2D eigenvalue weighted by Gasteiger charge is 2.28. The number of fused-ring (bicyclic) bond motifs is 2. The predicted octanol–water partition coefficient (Wildman–Crippen LogP) is 2.92. The summed E-state index contributed by atoms with van der Waals surface area (Å²) in [6.45, 7) is 6.41. The summed E-state index contributed by atoms with van der Waals surface area (Å²) in [7, 11) is 2.12. The summed E-state index contributed by atoms with van der Waals surface area (Å²) in [5.74, 6) is 1.49.